The van der Waals surface area contributed by atoms with E-state index >= 15 is 0 Å². The Kier molecular flexibility index (Phi) is 8.78. The molecule has 0 aliphatic carbocycles. The Balaban J connectivity index is 4.08. The summed E-state index contributed by atoms with van der Waals surface area (Å²) in [6.45, 7) is 4.72. The van der Waals surface area contributed by atoms with Crippen LogP contribution in [0.2, 0.25) is 0 Å². The average molecular weight is 234 g/mol. The van der Waals surface area contributed by atoms with Gasteiger partial charge in [-0.3, -0.25) is 0 Å². The van der Waals surface area contributed by atoms with E-state index in [4.69, 9.17) is 20.3 Å². The van der Waals surface area contributed by atoms with E-state index in [1.54, 1.807) is 14.2 Å². The highest BCUT2D eigenvalue weighted by Gasteiger charge is 2.19. The predicted molar refractivity (Wildman–Crippen MR) is 64.1 cm³/mol. The fourth-order valence-electron chi connectivity index (χ4n) is 1.45. The topological polar surface area (TPSA) is 76.7 Å². The highest BCUT2D eigenvalue weighted by atomic mass is 16.7. The van der Waals surface area contributed by atoms with E-state index in [1.807, 2.05) is 13.8 Å². The van der Waals surface area contributed by atoms with Gasteiger partial charge in [-0.15, -0.1) is 0 Å². The van der Waals surface area contributed by atoms with Gasteiger partial charge in [0.15, 0.2) is 6.29 Å². The summed E-state index contributed by atoms with van der Waals surface area (Å²) in [6, 6.07) is 0.349. The lowest BCUT2D eigenvalue weighted by molar-refractivity contribution is -0.110. The Hall–Kier alpha value is -0.200. The summed E-state index contributed by atoms with van der Waals surface area (Å²) >= 11 is 0. The lowest BCUT2D eigenvalue weighted by Gasteiger charge is -2.27. The van der Waals surface area contributed by atoms with Gasteiger partial charge in [-0.05, 0) is 12.8 Å². The zero-order valence-corrected chi connectivity index (χ0v) is 10.8. The standard InChI is InChI=1S/C11H26N2O3/c1-8(7-14)9(2)13-10(6-12)5-11(15-3)16-4/h8-11,13-14H,5-7,12H2,1-4H3. The summed E-state index contributed by atoms with van der Waals surface area (Å²) in [5, 5.41) is 12.4. The minimum atomic E-state index is -0.238. The van der Waals surface area contributed by atoms with Crippen molar-refractivity contribution in [3.8, 4) is 0 Å². The fraction of sp³-hybridized carbons (Fsp3) is 1.00. The van der Waals surface area contributed by atoms with Crippen LogP contribution in [0.15, 0.2) is 0 Å². The first-order chi connectivity index (χ1) is 7.58. The number of nitrogens with one attached hydrogen (secondary N) is 1. The maximum absolute atomic E-state index is 9.04. The molecule has 0 aliphatic heterocycles. The van der Waals surface area contributed by atoms with Crippen molar-refractivity contribution in [1.29, 1.82) is 0 Å². The van der Waals surface area contributed by atoms with Crippen LogP contribution in [-0.2, 0) is 9.47 Å². The van der Waals surface area contributed by atoms with Crippen molar-refractivity contribution in [2.45, 2.75) is 38.6 Å². The molecule has 0 aromatic heterocycles. The summed E-state index contributed by atoms with van der Waals surface area (Å²) in [5.74, 6) is 0.206. The summed E-state index contributed by atoms with van der Waals surface area (Å²) < 4.78 is 10.3. The Morgan fingerprint density at radius 3 is 2.19 bits per heavy atom. The third-order valence-electron chi connectivity index (χ3n) is 2.93. The smallest absolute Gasteiger partial charge is 0.158 e. The van der Waals surface area contributed by atoms with Crippen LogP contribution < -0.4 is 11.1 Å². The van der Waals surface area contributed by atoms with Crippen LogP contribution in [0.4, 0.5) is 0 Å². The van der Waals surface area contributed by atoms with Crippen molar-refractivity contribution in [3.63, 3.8) is 0 Å². The first-order valence-corrected chi connectivity index (χ1v) is 5.71. The summed E-state index contributed by atoms with van der Waals surface area (Å²) in [6.07, 6.45) is 0.462. The van der Waals surface area contributed by atoms with Crippen LogP contribution in [0.1, 0.15) is 20.3 Å². The van der Waals surface area contributed by atoms with Gasteiger partial charge in [0.25, 0.3) is 0 Å². The first kappa shape index (κ1) is 15.8. The molecule has 3 atom stereocenters. The molecule has 5 heteroatoms. The zero-order valence-electron chi connectivity index (χ0n) is 10.8. The van der Waals surface area contributed by atoms with Crippen molar-refractivity contribution in [1.82, 2.24) is 5.32 Å². The summed E-state index contributed by atoms with van der Waals surface area (Å²) in [7, 11) is 3.23. The second kappa shape index (κ2) is 8.90. The number of ether oxygens (including phenoxy) is 2. The van der Waals surface area contributed by atoms with E-state index in [-0.39, 0.29) is 30.9 Å². The Labute approximate surface area is 98.3 Å². The number of aliphatic hydroxyl groups excluding tert-OH is 1. The molecule has 0 rings (SSSR count). The van der Waals surface area contributed by atoms with Crippen LogP contribution in [-0.4, -0.2) is 50.9 Å². The van der Waals surface area contributed by atoms with Gasteiger partial charge >= 0.3 is 0 Å². The van der Waals surface area contributed by atoms with E-state index < -0.39 is 0 Å². The number of rotatable bonds is 9. The van der Waals surface area contributed by atoms with Crippen molar-refractivity contribution in [3.05, 3.63) is 0 Å². The lowest BCUT2D eigenvalue weighted by Crippen LogP contribution is -2.46. The normalized spacial score (nSPS) is 17.4. The first-order valence-electron chi connectivity index (χ1n) is 5.71. The molecule has 0 aromatic rings. The molecule has 0 amide bonds. The van der Waals surface area contributed by atoms with Gasteiger partial charge in [0, 0.05) is 45.9 Å². The second-order valence-electron chi connectivity index (χ2n) is 4.18. The van der Waals surface area contributed by atoms with Gasteiger partial charge < -0.3 is 25.6 Å². The van der Waals surface area contributed by atoms with Gasteiger partial charge in [-0.25, -0.2) is 0 Å². The molecule has 98 valence electrons. The van der Waals surface area contributed by atoms with Gasteiger partial charge in [-0.1, -0.05) is 6.92 Å². The van der Waals surface area contributed by atoms with Crippen molar-refractivity contribution >= 4 is 0 Å². The van der Waals surface area contributed by atoms with Gasteiger partial charge in [0.1, 0.15) is 0 Å². The van der Waals surface area contributed by atoms with E-state index in [1.165, 1.54) is 0 Å². The minimum Gasteiger partial charge on any atom is -0.396 e. The van der Waals surface area contributed by atoms with Crippen LogP contribution in [0.25, 0.3) is 0 Å². The molecule has 0 heterocycles. The Morgan fingerprint density at radius 1 is 1.25 bits per heavy atom. The largest absolute Gasteiger partial charge is 0.396 e. The fourth-order valence-corrected chi connectivity index (χ4v) is 1.45. The predicted octanol–water partition coefficient (Wildman–Crippen LogP) is -0.0708. The molecule has 0 bridgehead atoms. The molecule has 0 spiro atoms. The number of methoxy groups -OCH3 is 2. The maximum atomic E-state index is 9.04. The van der Waals surface area contributed by atoms with Crippen LogP contribution in [0.5, 0.6) is 0 Å². The SMILES string of the molecule is COC(CC(CN)NC(C)C(C)CO)OC. The quantitative estimate of drug-likeness (QED) is 0.487. The molecule has 0 saturated carbocycles. The molecule has 16 heavy (non-hydrogen) atoms. The highest BCUT2D eigenvalue weighted by Crippen LogP contribution is 2.07. The molecule has 0 radical (unpaired) electrons. The molecule has 0 aliphatic rings. The van der Waals surface area contributed by atoms with E-state index in [9.17, 15) is 0 Å². The second-order valence-corrected chi connectivity index (χ2v) is 4.18. The molecule has 4 N–H and O–H groups in total. The van der Waals surface area contributed by atoms with Crippen molar-refractivity contribution < 1.29 is 14.6 Å². The monoisotopic (exact) mass is 234 g/mol. The van der Waals surface area contributed by atoms with Gasteiger partial charge in [-0.2, -0.15) is 0 Å². The lowest BCUT2D eigenvalue weighted by atomic mass is 10.0. The number of hydrogen-bond donors (Lipinski definition) is 3. The van der Waals surface area contributed by atoms with Gasteiger partial charge in [0.2, 0.25) is 0 Å². The zero-order chi connectivity index (χ0) is 12.6. The van der Waals surface area contributed by atoms with E-state index in [0.717, 1.165) is 0 Å². The van der Waals surface area contributed by atoms with Crippen molar-refractivity contribution in [2.24, 2.45) is 11.7 Å². The molecular weight excluding hydrogens is 208 g/mol. The van der Waals surface area contributed by atoms with Crippen LogP contribution in [0.3, 0.4) is 0 Å². The highest BCUT2D eigenvalue weighted by molar-refractivity contribution is 4.76. The number of hydrogen-bond acceptors (Lipinski definition) is 5. The molecule has 0 fully saturated rings. The Bertz CT molecular complexity index is 165. The molecule has 3 unspecified atom stereocenters. The Morgan fingerprint density at radius 2 is 1.81 bits per heavy atom. The third-order valence-corrected chi connectivity index (χ3v) is 2.93. The number of nitrogens with two attached hydrogens (primary N) is 1. The molecule has 0 saturated heterocycles. The maximum Gasteiger partial charge on any atom is 0.158 e. The van der Waals surface area contributed by atoms with Crippen molar-refractivity contribution in [2.75, 3.05) is 27.4 Å². The van der Waals surface area contributed by atoms with E-state index in [0.29, 0.717) is 13.0 Å². The minimum absolute atomic E-state index is 0.133. The average Bonchev–Trinajstić information content (AvgIpc) is 2.32. The molecule has 0 aromatic carbocycles. The summed E-state index contributed by atoms with van der Waals surface area (Å²) in [5.41, 5.74) is 5.68. The third kappa shape index (κ3) is 5.77. The van der Waals surface area contributed by atoms with Crippen LogP contribution in [0, 0.1) is 5.92 Å². The molecular formula is C11H26N2O3. The molecule has 5 nitrogen and oxygen atoms in total. The van der Waals surface area contributed by atoms with Gasteiger partial charge in [0.05, 0.1) is 0 Å². The number of aliphatic hydroxyl groups is 1. The van der Waals surface area contributed by atoms with Crippen LogP contribution >= 0.6 is 0 Å². The summed E-state index contributed by atoms with van der Waals surface area (Å²) in [4.78, 5) is 0. The van der Waals surface area contributed by atoms with E-state index in [2.05, 4.69) is 5.32 Å².